The third kappa shape index (κ3) is 17.0. The summed E-state index contributed by atoms with van der Waals surface area (Å²) in [5.74, 6) is -5.57. The van der Waals surface area contributed by atoms with E-state index in [0.717, 1.165) is 18.7 Å². The molecule has 0 radical (unpaired) electrons. The minimum Gasteiger partial charge on any atom is -0.497 e. The first-order chi connectivity index (χ1) is 37.6. The maximum absolute atomic E-state index is 15.5. The van der Waals surface area contributed by atoms with E-state index < -0.39 is 101 Å². The van der Waals surface area contributed by atoms with E-state index in [1.54, 1.807) is 25.1 Å². The fourth-order valence-electron chi connectivity index (χ4n) is 6.35. The second kappa shape index (κ2) is 27.0. The second-order valence-corrected chi connectivity index (χ2v) is 20.5. The number of aldehydes is 1. The van der Waals surface area contributed by atoms with Crippen molar-refractivity contribution in [2.24, 2.45) is 0 Å². The summed E-state index contributed by atoms with van der Waals surface area (Å²) in [6.07, 6.45) is -10.4. The van der Waals surface area contributed by atoms with Crippen LogP contribution in [0.25, 0.3) is 0 Å². The van der Waals surface area contributed by atoms with Crippen molar-refractivity contribution >= 4 is 59.7 Å². The third-order valence-electron chi connectivity index (χ3n) is 9.90. The van der Waals surface area contributed by atoms with Crippen LogP contribution < -0.4 is 37.4 Å². The SMILES string of the molecule is COCc1nsc(N(Cc2ccc(OC)cc2OC)S(=O)(=O)c2cc(F)c(Oc3cc(OC)cc(C(F)(F)F)c3)cc2F)n1.COc1cc(C)cc(Oc2cc(F)c(S(=O)(=O)Nc3nc(CCO)ns3)cc2F)c1.O=CC(F)(F)F. The minimum atomic E-state index is -4.90. The summed E-state index contributed by atoms with van der Waals surface area (Å²) < 4.78 is 230. The lowest BCUT2D eigenvalue weighted by Crippen LogP contribution is -2.31. The summed E-state index contributed by atoms with van der Waals surface area (Å²) in [5, 5.41) is 8.54. The van der Waals surface area contributed by atoms with Gasteiger partial charge in [-0.05, 0) is 48.9 Å². The molecule has 2 heterocycles. The van der Waals surface area contributed by atoms with Crippen molar-refractivity contribution in [1.29, 1.82) is 0 Å². The summed E-state index contributed by atoms with van der Waals surface area (Å²) in [6.45, 7) is 1.07. The molecule has 80 heavy (non-hydrogen) atoms. The molecular formula is C47H42F10N6O13S4. The first-order valence-electron chi connectivity index (χ1n) is 21.9. The molecule has 0 bridgehead atoms. The van der Waals surface area contributed by atoms with Gasteiger partial charge in [-0.1, -0.05) is 0 Å². The van der Waals surface area contributed by atoms with Crippen LogP contribution in [0.15, 0.2) is 88.7 Å². The molecule has 5 aromatic carbocycles. The number of benzene rings is 5. The minimum absolute atomic E-state index is 0.0500. The number of sulfonamides is 2. The van der Waals surface area contributed by atoms with Crippen LogP contribution in [-0.4, -0.2) is 95.3 Å². The number of halogens is 10. The van der Waals surface area contributed by atoms with E-state index >= 15 is 8.78 Å². The number of aliphatic hydroxyl groups is 1. The predicted octanol–water partition coefficient (Wildman–Crippen LogP) is 10.2. The molecular weight excluding hydrogens is 1170 g/mol. The Bertz CT molecular complexity index is 3520. The number of anilines is 2. The number of hydrogen-bond donors (Lipinski definition) is 2. The number of aryl methyl sites for hydroxylation is 1. The van der Waals surface area contributed by atoms with E-state index in [1.165, 1.54) is 46.6 Å². The summed E-state index contributed by atoms with van der Waals surface area (Å²) >= 11 is 1.39. The number of nitrogens with one attached hydrogen (secondary N) is 1. The molecule has 0 aliphatic rings. The van der Waals surface area contributed by atoms with Gasteiger partial charge in [-0.2, -0.15) is 35.1 Å². The molecule has 0 atom stereocenters. The third-order valence-corrected chi connectivity index (χ3v) is 14.7. The Hall–Kier alpha value is -7.59. The van der Waals surface area contributed by atoms with Gasteiger partial charge in [0.2, 0.25) is 16.5 Å². The van der Waals surface area contributed by atoms with Crippen LogP contribution in [0.2, 0.25) is 0 Å². The van der Waals surface area contributed by atoms with Crippen LogP contribution in [0.3, 0.4) is 0 Å². The van der Waals surface area contributed by atoms with Gasteiger partial charge in [0, 0.05) is 84.6 Å². The zero-order valence-corrected chi connectivity index (χ0v) is 45.2. The van der Waals surface area contributed by atoms with Crippen molar-refractivity contribution < 1.29 is 104 Å². The topological polar surface area (TPSA) is 237 Å². The maximum Gasteiger partial charge on any atom is 0.446 e. The first kappa shape index (κ1) is 63.2. The van der Waals surface area contributed by atoms with E-state index in [0.29, 0.717) is 80.8 Å². The maximum atomic E-state index is 15.5. The summed E-state index contributed by atoms with van der Waals surface area (Å²) in [7, 11) is -2.64. The Morgan fingerprint density at radius 1 is 0.637 bits per heavy atom. The molecule has 0 aliphatic carbocycles. The molecule has 0 unspecified atom stereocenters. The molecule has 2 N–H and O–H groups in total. The van der Waals surface area contributed by atoms with Crippen molar-refractivity contribution in [3.63, 3.8) is 0 Å². The van der Waals surface area contributed by atoms with Crippen molar-refractivity contribution in [2.45, 2.75) is 48.6 Å². The Morgan fingerprint density at radius 3 is 1.73 bits per heavy atom. The van der Waals surface area contributed by atoms with Gasteiger partial charge in [0.1, 0.15) is 68.4 Å². The Morgan fingerprint density at radius 2 is 1.18 bits per heavy atom. The molecule has 7 rings (SSSR count). The summed E-state index contributed by atoms with van der Waals surface area (Å²) in [6, 6.07) is 13.6. The number of alkyl halides is 6. The van der Waals surface area contributed by atoms with Gasteiger partial charge >= 0.3 is 12.4 Å². The lowest BCUT2D eigenvalue weighted by atomic mass is 10.2. The molecule has 19 nitrogen and oxygen atoms in total. The molecule has 33 heteroatoms. The van der Waals surface area contributed by atoms with Gasteiger partial charge in [0.05, 0.1) is 47.2 Å². The highest BCUT2D eigenvalue weighted by Crippen LogP contribution is 2.39. The van der Waals surface area contributed by atoms with E-state index in [9.17, 15) is 52.0 Å². The molecule has 7 aromatic rings. The number of rotatable bonds is 20. The second-order valence-electron chi connectivity index (χ2n) is 15.6. The van der Waals surface area contributed by atoms with Crippen LogP contribution in [0.5, 0.6) is 46.0 Å². The van der Waals surface area contributed by atoms with Crippen LogP contribution in [-0.2, 0) is 55.3 Å². The first-order valence-corrected chi connectivity index (χ1v) is 26.4. The largest absolute Gasteiger partial charge is 0.497 e. The van der Waals surface area contributed by atoms with Crippen molar-refractivity contribution in [3.05, 3.63) is 130 Å². The van der Waals surface area contributed by atoms with Gasteiger partial charge < -0.3 is 38.3 Å². The number of carbonyl (C=O) groups excluding carboxylic acids is 1. The fraction of sp³-hybridized carbons (Fsp3) is 0.255. The Kier molecular flexibility index (Phi) is 21.4. The average Bonchev–Trinajstić information content (AvgIpc) is 4.08. The standard InChI is InChI=1S/C27H24F5N3O7S2.C18H17F2N3O5S2.C2HF3O/c1-38-14-25-33-26(43-34-25)35(13-15-5-6-17(39-2)10-22(15)41-4)44(36,37)24-12-20(28)23(11-21(24)29)42-19-8-16(27(30,31)32)7-18(9-19)40-3;1-10-5-11(27-2)7-12(6-10)28-15-8-14(20)16(9-13(15)19)30(25,26)23-18-21-17(3-4-24)22-29-18;3-2(4,5)1-6/h5-12H,13-14H2,1-4H3;5-9,24H,3-4H2,1-2H3,(H,21,22,23);1H. The van der Waals surface area contributed by atoms with Crippen molar-refractivity contribution in [3.8, 4) is 46.0 Å². The van der Waals surface area contributed by atoms with Crippen molar-refractivity contribution in [1.82, 2.24) is 18.7 Å². The van der Waals surface area contributed by atoms with Gasteiger partial charge in [-0.15, -0.1) is 0 Å². The fourth-order valence-corrected chi connectivity index (χ4v) is 10.6. The highest BCUT2D eigenvalue weighted by molar-refractivity contribution is 7.93. The molecule has 2 aromatic heterocycles. The number of ether oxygens (including phenoxy) is 7. The molecule has 432 valence electrons. The number of nitrogens with zero attached hydrogens (tertiary/aromatic N) is 5. The van der Waals surface area contributed by atoms with Gasteiger partial charge in [0.25, 0.3) is 20.0 Å². The number of aliphatic hydroxyl groups excluding tert-OH is 1. The number of aromatic nitrogens is 4. The lowest BCUT2D eigenvalue weighted by molar-refractivity contribution is -0.156. The lowest BCUT2D eigenvalue weighted by Gasteiger charge is -2.23. The number of carbonyl (C=O) groups is 1. The molecule has 0 saturated carbocycles. The van der Waals surface area contributed by atoms with Crippen molar-refractivity contribution in [2.75, 3.05) is 51.2 Å². The highest BCUT2D eigenvalue weighted by Gasteiger charge is 2.35. The molecule has 0 aliphatic heterocycles. The quantitative estimate of drug-likeness (QED) is 0.0533. The Labute approximate surface area is 456 Å². The van der Waals surface area contributed by atoms with Crippen LogP contribution in [0.4, 0.5) is 54.2 Å². The molecule has 0 fully saturated rings. The van der Waals surface area contributed by atoms with Gasteiger partial charge in [-0.3, -0.25) is 9.52 Å². The van der Waals surface area contributed by atoms with E-state index in [2.05, 4.69) is 18.7 Å². The molecule has 0 saturated heterocycles. The van der Waals surface area contributed by atoms with Crippen LogP contribution >= 0.6 is 23.1 Å². The van der Waals surface area contributed by atoms with Crippen LogP contribution in [0, 0.1) is 30.2 Å². The average molecular weight is 1220 g/mol. The summed E-state index contributed by atoms with van der Waals surface area (Å²) in [5.41, 5.74) is -0.0765. The van der Waals surface area contributed by atoms with Gasteiger partial charge in [-0.25, -0.2) is 48.7 Å². The van der Waals surface area contributed by atoms with E-state index in [4.69, 9.17) is 43.1 Å². The smallest absolute Gasteiger partial charge is 0.446 e. The summed E-state index contributed by atoms with van der Waals surface area (Å²) in [4.78, 5) is 14.7. The number of methoxy groups -OCH3 is 5. The monoisotopic (exact) mass is 1220 g/mol. The normalized spacial score (nSPS) is 11.6. The Balaban J connectivity index is 0.000000282. The molecule has 0 spiro atoms. The zero-order valence-electron chi connectivity index (χ0n) is 41.9. The van der Waals surface area contributed by atoms with Crippen LogP contribution in [0.1, 0.15) is 28.3 Å². The molecule has 0 amide bonds. The number of hydrogen-bond acceptors (Lipinski definition) is 19. The van der Waals surface area contributed by atoms with Gasteiger partial charge in [0.15, 0.2) is 29.0 Å². The highest BCUT2D eigenvalue weighted by atomic mass is 32.2. The van der Waals surface area contributed by atoms with E-state index in [1.807, 2.05) is 4.72 Å². The van der Waals surface area contributed by atoms with E-state index in [-0.39, 0.29) is 58.8 Å². The predicted molar refractivity (Wildman–Crippen MR) is 266 cm³/mol. The zero-order chi connectivity index (χ0) is 59.3.